The number of aliphatic hydroxyl groups excluding tert-OH is 6. The van der Waals surface area contributed by atoms with Gasteiger partial charge >= 0.3 is 0 Å². The van der Waals surface area contributed by atoms with E-state index >= 15 is 0 Å². The maximum atomic E-state index is 11.4. The molecule has 0 radical (unpaired) electrons. The minimum atomic E-state index is -0.219. The summed E-state index contributed by atoms with van der Waals surface area (Å²) in [5.74, 6) is 4.41. The van der Waals surface area contributed by atoms with E-state index in [-0.39, 0.29) is 106 Å². The maximum Gasteiger partial charge on any atom is 0.160 e. The Hall–Kier alpha value is -5.68. The number of ketones is 6. The van der Waals surface area contributed by atoms with Crippen molar-refractivity contribution in [2.24, 2.45) is 0 Å². The highest BCUT2D eigenvalue weighted by Gasteiger charge is 2.35. The number of halogens is 5. The Labute approximate surface area is 638 Å². The number of carbonyl (C=O) groups is 6. The molecule has 6 atom stereocenters. The van der Waals surface area contributed by atoms with E-state index in [9.17, 15) is 59.4 Å². The third-order valence-electron chi connectivity index (χ3n) is 16.5. The second-order valence-corrected chi connectivity index (χ2v) is 33.9. The summed E-state index contributed by atoms with van der Waals surface area (Å²) in [5, 5.41) is 61.5. The van der Waals surface area contributed by atoms with E-state index in [0.29, 0.717) is 88.0 Å². The summed E-state index contributed by atoms with van der Waals surface area (Å²) in [4.78, 5) is 67.6. The molecule has 6 N–H and O–H groups in total. The van der Waals surface area contributed by atoms with E-state index in [4.69, 9.17) is 46.4 Å². The topological polar surface area (TPSA) is 224 Å². The van der Waals surface area contributed by atoms with Gasteiger partial charge in [0.2, 0.25) is 0 Å². The lowest BCUT2D eigenvalue weighted by molar-refractivity contribution is -0.114. The lowest BCUT2D eigenvalue weighted by Crippen LogP contribution is -2.11. The first-order valence-corrected chi connectivity index (χ1v) is 39.9. The average molecular weight is 1610 g/mol. The summed E-state index contributed by atoms with van der Waals surface area (Å²) in [5.41, 5.74) is 11.8. The summed E-state index contributed by atoms with van der Waals surface area (Å²) in [6.45, 7) is 17.5. The molecule has 6 aromatic carbocycles. The zero-order valence-electron chi connectivity index (χ0n) is 56.5. The SMILES string of the molecule is CC(=O)C1=C(O)C(c2ccc(Br)cc2)SC1.CC(=O)C1=C(O)C(c2ccc(C(C)(C)C)cc2)SC1.CC(=O)C1=C(O)C(c2ccc(C)cc2)SC1.CC(=O)C1=C(O)C(c2ccc(Cl)c(Cl)c2)SC1.CC(=O)C1=C(O)C(c2ccc(Cl)cc2)SC1.CC(=O)C1=C(O)C(c2cccc(Cl)c2)SC1. The van der Waals surface area contributed by atoms with Crippen molar-refractivity contribution in [1.82, 2.24) is 0 Å². The number of hydrogen-bond donors (Lipinski definition) is 6. The van der Waals surface area contributed by atoms with Crippen molar-refractivity contribution in [2.45, 2.75) is 106 Å². The third kappa shape index (κ3) is 21.5. The third-order valence-corrected chi connectivity index (χ3v) is 25.9. The van der Waals surface area contributed by atoms with E-state index in [0.717, 1.165) is 37.9 Å². The zero-order chi connectivity index (χ0) is 73.6. The number of Topliss-reactive ketones (excluding diaryl/α,β-unsaturated/α-hetero) is 6. The fourth-order valence-corrected chi connectivity index (χ4v) is 19.5. The Bertz CT molecular complexity index is 4050. The van der Waals surface area contributed by atoms with Crippen molar-refractivity contribution in [3.8, 4) is 0 Å². The Balaban J connectivity index is 0.000000169. The molecule has 23 heteroatoms. The van der Waals surface area contributed by atoms with Crippen LogP contribution >= 0.6 is 133 Å². The Morgan fingerprint density at radius 3 is 0.900 bits per heavy atom. The van der Waals surface area contributed by atoms with Gasteiger partial charge in [0.05, 0.1) is 41.5 Å². The van der Waals surface area contributed by atoms with Crippen LogP contribution in [0.1, 0.15) is 138 Å². The Kier molecular flexibility index (Phi) is 30.3. The highest BCUT2D eigenvalue weighted by molar-refractivity contribution is 9.10. The molecule has 0 aromatic heterocycles. The summed E-state index contributed by atoms with van der Waals surface area (Å²) in [7, 11) is 0. The molecule has 0 bridgehead atoms. The first-order valence-electron chi connectivity index (χ1n) is 31.3. The largest absolute Gasteiger partial charge is 0.510 e. The summed E-state index contributed by atoms with van der Waals surface area (Å²) in [6, 6.07) is 44.1. The van der Waals surface area contributed by atoms with Crippen LogP contribution in [0.15, 0.2) is 212 Å². The molecule has 0 amide bonds. The minimum absolute atomic E-state index is 0.0281. The predicted molar refractivity (Wildman–Crippen MR) is 423 cm³/mol. The van der Waals surface area contributed by atoms with Crippen molar-refractivity contribution in [3.05, 3.63) is 277 Å². The van der Waals surface area contributed by atoms with Gasteiger partial charge in [-0.25, -0.2) is 0 Å². The number of benzene rings is 6. The predicted octanol–water partition coefficient (Wildman–Crippen LogP) is 22.2. The number of hydrogen-bond acceptors (Lipinski definition) is 18. The highest BCUT2D eigenvalue weighted by Crippen LogP contribution is 2.49. The number of rotatable bonds is 12. The van der Waals surface area contributed by atoms with Gasteiger partial charge in [-0.15, -0.1) is 70.6 Å². The molecule has 6 unspecified atom stereocenters. The van der Waals surface area contributed by atoms with Gasteiger partial charge < -0.3 is 30.6 Å². The van der Waals surface area contributed by atoms with Crippen LogP contribution in [0.25, 0.3) is 0 Å². The number of aliphatic hydroxyl groups is 6. The van der Waals surface area contributed by atoms with Crippen LogP contribution in [0.4, 0.5) is 0 Å². The normalized spacial score (nSPS) is 20.1. The zero-order valence-corrected chi connectivity index (χ0v) is 66.0. The molecule has 12 rings (SSSR count). The summed E-state index contributed by atoms with van der Waals surface area (Å²) < 4.78 is 1.01. The van der Waals surface area contributed by atoms with Crippen molar-refractivity contribution in [1.29, 1.82) is 0 Å². The monoisotopic (exact) mass is 1600 g/mol. The van der Waals surface area contributed by atoms with E-state index in [1.807, 2.05) is 91.9 Å². The average Bonchev–Trinajstić information content (AvgIpc) is 1.68. The van der Waals surface area contributed by atoms with Gasteiger partial charge in [0.1, 0.15) is 34.6 Å². The standard InChI is InChI=1S/C16H20O2S.C13H14O2S.C12H11BrO2S.C12H10Cl2O2S.2C12H11ClO2S/c1-10(17)13-9-19-15(14(13)18)11-5-7-12(8-6-11)16(2,3)4;1-8-3-5-10(6-4-8)13-12(15)11(7-16-13)9(2)14;1-7(14)10-6-16-12(11(10)15)8-2-4-9(13)5-3-8;1-6(15)8-5-17-12(11(8)16)7-2-3-9(13)10(14)4-7;1-7(14)10-6-16-12(11(10)15)8-2-4-9(13)5-3-8;1-7(14)10-6-16-12(11(10)15)8-3-2-4-9(13)5-8/h5-8,15,18H,9H2,1-4H3;3-6,13,15H,7H2,1-2H3;2-5,12,15H,6H2,1H3;2-4,12,16H,5H2,1H3;2*2-5,12,15H,6H2,1H3. The van der Waals surface area contributed by atoms with Crippen molar-refractivity contribution >= 4 is 168 Å². The van der Waals surface area contributed by atoms with Crippen molar-refractivity contribution in [2.75, 3.05) is 34.5 Å². The van der Waals surface area contributed by atoms with E-state index < -0.39 is 0 Å². The highest BCUT2D eigenvalue weighted by atomic mass is 79.9. The van der Waals surface area contributed by atoms with Crippen LogP contribution in [0.5, 0.6) is 0 Å². The molecular formula is C77H77BrCl4O12S6. The lowest BCUT2D eigenvalue weighted by Gasteiger charge is -2.20. The molecule has 6 aliphatic rings. The van der Waals surface area contributed by atoms with E-state index in [1.54, 1.807) is 89.1 Å². The Morgan fingerprint density at radius 2 is 0.620 bits per heavy atom. The molecule has 12 nitrogen and oxygen atoms in total. The van der Waals surface area contributed by atoms with Gasteiger partial charge in [0.15, 0.2) is 34.7 Å². The number of aryl methyl sites for hydroxylation is 1. The van der Waals surface area contributed by atoms with Crippen molar-refractivity contribution in [3.63, 3.8) is 0 Å². The van der Waals surface area contributed by atoms with E-state index in [1.165, 1.54) is 64.4 Å². The van der Waals surface area contributed by atoms with Crippen LogP contribution < -0.4 is 0 Å². The van der Waals surface area contributed by atoms with Crippen LogP contribution in [-0.2, 0) is 34.2 Å². The molecule has 6 aliphatic heterocycles. The van der Waals surface area contributed by atoms with Crippen LogP contribution in [0.2, 0.25) is 20.1 Å². The van der Waals surface area contributed by atoms with Gasteiger partial charge in [-0.2, -0.15) is 0 Å². The number of thioether (sulfide) groups is 6. The molecule has 0 fully saturated rings. The van der Waals surface area contributed by atoms with Crippen LogP contribution in [-0.4, -0.2) is 99.9 Å². The number of carbonyl (C=O) groups excluding carboxylic acids is 6. The quantitative estimate of drug-likeness (QED) is 0.0670. The molecule has 0 saturated carbocycles. The maximum absolute atomic E-state index is 11.4. The molecule has 100 heavy (non-hydrogen) atoms. The molecule has 0 aliphatic carbocycles. The van der Waals surface area contributed by atoms with Gasteiger partial charge in [0.25, 0.3) is 0 Å². The molecule has 6 heterocycles. The molecular weight excluding hydrogens is 1530 g/mol. The van der Waals surface area contributed by atoms with Gasteiger partial charge in [-0.1, -0.05) is 180 Å². The smallest absolute Gasteiger partial charge is 0.160 e. The van der Waals surface area contributed by atoms with Crippen molar-refractivity contribution < 1.29 is 59.4 Å². The molecule has 6 aromatic rings. The minimum Gasteiger partial charge on any atom is -0.510 e. The Morgan fingerprint density at radius 1 is 0.350 bits per heavy atom. The van der Waals surface area contributed by atoms with Crippen LogP contribution in [0.3, 0.4) is 0 Å². The molecule has 0 saturated heterocycles. The fourth-order valence-electron chi connectivity index (χ4n) is 10.6. The lowest BCUT2D eigenvalue weighted by atomic mass is 9.86. The summed E-state index contributed by atoms with van der Waals surface area (Å²) >= 11 is 36.2. The second-order valence-electron chi connectivity index (χ2n) is 24.8. The van der Waals surface area contributed by atoms with Gasteiger partial charge in [-0.3, -0.25) is 28.8 Å². The summed E-state index contributed by atoms with van der Waals surface area (Å²) in [6.07, 6.45) is 0. The van der Waals surface area contributed by atoms with Crippen LogP contribution in [0, 0.1) is 6.92 Å². The first-order chi connectivity index (χ1) is 47.2. The molecule has 0 spiro atoms. The fraction of sp³-hybridized carbons (Fsp3) is 0.299. The van der Waals surface area contributed by atoms with E-state index in [2.05, 4.69) is 61.0 Å². The first kappa shape index (κ1) is 81.6. The van der Waals surface area contributed by atoms with Gasteiger partial charge in [0, 0.05) is 82.5 Å². The molecule has 528 valence electrons. The second kappa shape index (κ2) is 37.2. The van der Waals surface area contributed by atoms with Gasteiger partial charge in [-0.05, 0) is 141 Å².